The molecule has 0 aliphatic carbocycles. The summed E-state index contributed by atoms with van der Waals surface area (Å²) in [5.74, 6) is 0.664. The Morgan fingerprint density at radius 1 is 1.20 bits per heavy atom. The molecule has 0 radical (unpaired) electrons. The average Bonchev–Trinajstić information content (AvgIpc) is 2.69. The molecule has 0 spiro atoms. The van der Waals surface area contributed by atoms with E-state index in [1.807, 2.05) is 0 Å². The van der Waals surface area contributed by atoms with Crippen LogP contribution >= 0.6 is 0 Å². The molecule has 1 aliphatic rings. The molecule has 0 aromatic heterocycles. The normalized spacial score (nSPS) is 13.1. The van der Waals surface area contributed by atoms with Crippen LogP contribution in [0.5, 0.6) is 11.5 Å². The van der Waals surface area contributed by atoms with Gasteiger partial charge in [0, 0.05) is 12.0 Å². The number of amides is 2. The summed E-state index contributed by atoms with van der Waals surface area (Å²) in [6.07, 6.45) is 0.0795. The number of hydrazine groups is 1. The van der Waals surface area contributed by atoms with Gasteiger partial charge in [-0.15, -0.1) is 0 Å². The topological polar surface area (TPSA) is 85.9 Å². The minimum atomic E-state index is -0.713. The second-order valence-corrected chi connectivity index (χ2v) is 4.01. The van der Waals surface area contributed by atoms with E-state index < -0.39 is 12.0 Å². The van der Waals surface area contributed by atoms with Gasteiger partial charge in [0.05, 0.1) is 19.8 Å². The zero-order chi connectivity index (χ0) is 14.4. The van der Waals surface area contributed by atoms with Gasteiger partial charge in [0.25, 0.3) is 5.91 Å². The largest absolute Gasteiger partial charge is 0.490 e. The van der Waals surface area contributed by atoms with Crippen molar-refractivity contribution in [1.82, 2.24) is 10.9 Å². The number of nitrogens with one attached hydrogen (secondary N) is 2. The van der Waals surface area contributed by atoms with E-state index in [0.717, 1.165) is 6.42 Å². The van der Waals surface area contributed by atoms with E-state index in [0.29, 0.717) is 30.3 Å². The smallest absolute Gasteiger partial charge is 0.426 e. The van der Waals surface area contributed by atoms with Crippen molar-refractivity contribution in [3.63, 3.8) is 0 Å². The van der Waals surface area contributed by atoms with Crippen LogP contribution in [0.25, 0.3) is 0 Å². The number of carbonyl (C=O) groups is 2. The maximum absolute atomic E-state index is 11.8. The van der Waals surface area contributed by atoms with Gasteiger partial charge in [-0.05, 0) is 25.1 Å². The summed E-state index contributed by atoms with van der Waals surface area (Å²) in [5.41, 5.74) is 4.74. The maximum Gasteiger partial charge on any atom is 0.426 e. The Hall–Kier alpha value is -2.44. The Balaban J connectivity index is 2.00. The lowest BCUT2D eigenvalue weighted by atomic mass is 10.2. The average molecular weight is 280 g/mol. The van der Waals surface area contributed by atoms with Crippen molar-refractivity contribution in [2.24, 2.45) is 0 Å². The van der Waals surface area contributed by atoms with Crippen molar-refractivity contribution in [2.75, 3.05) is 19.8 Å². The monoisotopic (exact) mass is 280 g/mol. The lowest BCUT2D eigenvalue weighted by Gasteiger charge is -2.10. The first-order chi connectivity index (χ1) is 9.70. The van der Waals surface area contributed by atoms with Gasteiger partial charge < -0.3 is 14.2 Å². The SMILES string of the molecule is CCOC(=O)NNC(=O)c1ccc2c(c1)OCCCO2. The molecule has 1 aromatic rings. The van der Waals surface area contributed by atoms with Gasteiger partial charge in [-0.25, -0.2) is 10.2 Å². The molecule has 7 heteroatoms. The van der Waals surface area contributed by atoms with Gasteiger partial charge in [-0.3, -0.25) is 10.2 Å². The van der Waals surface area contributed by atoms with E-state index in [1.165, 1.54) is 0 Å². The maximum atomic E-state index is 11.8. The van der Waals surface area contributed by atoms with Crippen LogP contribution in [0.15, 0.2) is 18.2 Å². The number of hydrogen-bond acceptors (Lipinski definition) is 5. The molecule has 1 aromatic carbocycles. The third-order valence-corrected chi connectivity index (χ3v) is 2.56. The Morgan fingerprint density at radius 3 is 2.70 bits per heavy atom. The van der Waals surface area contributed by atoms with E-state index in [4.69, 9.17) is 9.47 Å². The predicted octanol–water partition coefficient (Wildman–Crippen LogP) is 1.24. The van der Waals surface area contributed by atoms with Crippen molar-refractivity contribution < 1.29 is 23.8 Å². The number of hydrogen-bond donors (Lipinski definition) is 2. The van der Waals surface area contributed by atoms with E-state index in [9.17, 15) is 9.59 Å². The molecule has 2 rings (SSSR count). The van der Waals surface area contributed by atoms with Gasteiger partial charge in [0.1, 0.15) is 0 Å². The quantitative estimate of drug-likeness (QED) is 0.796. The first kappa shape index (κ1) is 14.0. The summed E-state index contributed by atoms with van der Waals surface area (Å²) in [4.78, 5) is 22.9. The highest BCUT2D eigenvalue weighted by atomic mass is 16.6. The van der Waals surface area contributed by atoms with Crippen LogP contribution in [-0.4, -0.2) is 31.8 Å². The van der Waals surface area contributed by atoms with E-state index in [2.05, 4.69) is 15.6 Å². The molecule has 0 unspecified atom stereocenters. The van der Waals surface area contributed by atoms with Crippen molar-refractivity contribution >= 4 is 12.0 Å². The number of ether oxygens (including phenoxy) is 3. The summed E-state index contributed by atoms with van der Waals surface area (Å²) in [5, 5.41) is 0. The summed E-state index contributed by atoms with van der Waals surface area (Å²) in [6, 6.07) is 4.83. The molecule has 1 aliphatic heterocycles. The van der Waals surface area contributed by atoms with Gasteiger partial charge in [-0.2, -0.15) is 0 Å². The molecule has 0 atom stereocenters. The first-order valence-electron chi connectivity index (χ1n) is 6.33. The molecule has 0 bridgehead atoms. The van der Waals surface area contributed by atoms with E-state index >= 15 is 0 Å². The highest BCUT2D eigenvalue weighted by Gasteiger charge is 2.14. The third-order valence-electron chi connectivity index (χ3n) is 2.56. The molecule has 2 N–H and O–H groups in total. The lowest BCUT2D eigenvalue weighted by molar-refractivity contribution is 0.0912. The van der Waals surface area contributed by atoms with Crippen LogP contribution in [0.3, 0.4) is 0 Å². The molecule has 0 saturated heterocycles. The number of benzene rings is 1. The van der Waals surface area contributed by atoms with Crippen molar-refractivity contribution in [2.45, 2.75) is 13.3 Å². The lowest BCUT2D eigenvalue weighted by Crippen LogP contribution is -2.41. The summed E-state index contributed by atoms with van der Waals surface area (Å²) >= 11 is 0. The first-order valence-corrected chi connectivity index (χ1v) is 6.33. The molecule has 7 nitrogen and oxygen atoms in total. The van der Waals surface area contributed by atoms with Crippen LogP contribution < -0.4 is 20.3 Å². The second kappa shape index (κ2) is 6.65. The van der Waals surface area contributed by atoms with Crippen molar-refractivity contribution in [3.8, 4) is 11.5 Å². The molecule has 1 heterocycles. The molecule has 20 heavy (non-hydrogen) atoms. The van der Waals surface area contributed by atoms with Crippen molar-refractivity contribution in [3.05, 3.63) is 23.8 Å². The van der Waals surface area contributed by atoms with Crippen LogP contribution in [0.2, 0.25) is 0 Å². The van der Waals surface area contributed by atoms with Crippen LogP contribution in [0, 0.1) is 0 Å². The fourth-order valence-corrected chi connectivity index (χ4v) is 1.65. The van der Waals surface area contributed by atoms with Crippen LogP contribution in [0.1, 0.15) is 23.7 Å². The predicted molar refractivity (Wildman–Crippen MR) is 69.7 cm³/mol. The molecule has 2 amide bonds. The minimum Gasteiger partial charge on any atom is -0.490 e. The van der Waals surface area contributed by atoms with Gasteiger partial charge in [0.2, 0.25) is 0 Å². The Labute approximate surface area is 116 Å². The Morgan fingerprint density at radius 2 is 1.95 bits per heavy atom. The standard InChI is InChI=1S/C13H16N2O5/c1-2-18-13(17)15-14-12(16)9-4-5-10-11(8-9)20-7-3-6-19-10/h4-5,8H,2-3,6-7H2,1H3,(H,14,16)(H,15,17). The fourth-order valence-electron chi connectivity index (χ4n) is 1.65. The zero-order valence-electron chi connectivity index (χ0n) is 11.1. The minimum absolute atomic E-state index is 0.228. The summed E-state index contributed by atoms with van der Waals surface area (Å²) in [7, 11) is 0. The number of fused-ring (bicyclic) bond motifs is 1. The Kier molecular flexibility index (Phi) is 4.65. The molecule has 0 fully saturated rings. The number of rotatable bonds is 2. The molecule has 108 valence electrons. The van der Waals surface area contributed by atoms with Crippen LogP contribution in [-0.2, 0) is 4.74 Å². The summed E-state index contributed by atoms with van der Waals surface area (Å²) < 4.78 is 15.6. The zero-order valence-corrected chi connectivity index (χ0v) is 11.1. The highest BCUT2D eigenvalue weighted by molar-refractivity contribution is 5.95. The van der Waals surface area contributed by atoms with E-state index in [-0.39, 0.29) is 6.61 Å². The van der Waals surface area contributed by atoms with E-state index in [1.54, 1.807) is 25.1 Å². The molecular weight excluding hydrogens is 264 g/mol. The number of carbonyl (C=O) groups excluding carboxylic acids is 2. The van der Waals surface area contributed by atoms with Gasteiger partial charge >= 0.3 is 6.09 Å². The highest BCUT2D eigenvalue weighted by Crippen LogP contribution is 2.30. The van der Waals surface area contributed by atoms with Crippen LogP contribution in [0.4, 0.5) is 4.79 Å². The van der Waals surface area contributed by atoms with Gasteiger partial charge in [0.15, 0.2) is 11.5 Å². The van der Waals surface area contributed by atoms with Gasteiger partial charge in [-0.1, -0.05) is 0 Å². The fraction of sp³-hybridized carbons (Fsp3) is 0.385. The Bertz CT molecular complexity index is 504. The molecular formula is C13H16N2O5. The third kappa shape index (κ3) is 3.53. The second-order valence-electron chi connectivity index (χ2n) is 4.01. The van der Waals surface area contributed by atoms with Crippen molar-refractivity contribution in [1.29, 1.82) is 0 Å². The molecule has 0 saturated carbocycles. The summed E-state index contributed by atoms with van der Waals surface area (Å²) in [6.45, 7) is 3.03.